The van der Waals surface area contributed by atoms with Gasteiger partial charge < -0.3 is 16.4 Å². The molecule has 1 aromatic carbocycles. The highest BCUT2D eigenvalue weighted by molar-refractivity contribution is 6.35. The predicted molar refractivity (Wildman–Crippen MR) is 84.3 cm³/mol. The van der Waals surface area contributed by atoms with Gasteiger partial charge in [0.25, 0.3) is 0 Å². The Morgan fingerprint density at radius 2 is 1.95 bits per heavy atom. The fraction of sp³-hybridized carbons (Fsp3) is 0.429. The molecule has 0 saturated carbocycles. The topological polar surface area (TPSA) is 84.2 Å². The Labute approximate surface area is 134 Å². The largest absolute Gasteiger partial charge is 0.368 e. The summed E-state index contributed by atoms with van der Waals surface area (Å²) < 4.78 is 0. The van der Waals surface area contributed by atoms with Crippen molar-refractivity contribution in [3.8, 4) is 0 Å². The number of carbonyl (C=O) groups excluding carboxylic acids is 2. The van der Waals surface area contributed by atoms with Gasteiger partial charge in [-0.25, -0.2) is 4.79 Å². The minimum atomic E-state index is -0.689. The SMILES string of the molecule is CC(C)C[C@H](NC(=O)NCc1ccc(Cl)cc1Cl)C(N)=O. The van der Waals surface area contributed by atoms with Gasteiger partial charge in [-0.3, -0.25) is 4.79 Å². The van der Waals surface area contributed by atoms with Crippen LogP contribution in [-0.4, -0.2) is 18.0 Å². The summed E-state index contributed by atoms with van der Waals surface area (Å²) in [5, 5.41) is 6.18. The van der Waals surface area contributed by atoms with Gasteiger partial charge >= 0.3 is 6.03 Å². The maximum Gasteiger partial charge on any atom is 0.315 e. The van der Waals surface area contributed by atoms with Gasteiger partial charge in [0.2, 0.25) is 5.91 Å². The van der Waals surface area contributed by atoms with Crippen LogP contribution in [0.5, 0.6) is 0 Å². The molecule has 0 radical (unpaired) electrons. The van der Waals surface area contributed by atoms with E-state index >= 15 is 0 Å². The van der Waals surface area contributed by atoms with Crippen LogP contribution in [0.4, 0.5) is 4.79 Å². The summed E-state index contributed by atoms with van der Waals surface area (Å²) in [6.45, 7) is 4.13. The highest BCUT2D eigenvalue weighted by Gasteiger charge is 2.19. The molecule has 1 rings (SSSR count). The molecule has 3 amide bonds. The normalized spacial score (nSPS) is 12.0. The van der Waals surface area contributed by atoms with Crippen molar-refractivity contribution in [3.05, 3.63) is 33.8 Å². The maximum absolute atomic E-state index is 11.8. The number of urea groups is 1. The number of primary amides is 1. The molecule has 7 heteroatoms. The van der Waals surface area contributed by atoms with Crippen LogP contribution in [0.3, 0.4) is 0 Å². The highest BCUT2D eigenvalue weighted by atomic mass is 35.5. The van der Waals surface area contributed by atoms with E-state index in [1.54, 1.807) is 18.2 Å². The lowest BCUT2D eigenvalue weighted by Gasteiger charge is -2.18. The average molecular weight is 332 g/mol. The third kappa shape index (κ3) is 6.23. The number of rotatable bonds is 6. The fourth-order valence-electron chi connectivity index (χ4n) is 1.77. The van der Waals surface area contributed by atoms with Crippen LogP contribution in [-0.2, 0) is 11.3 Å². The molecule has 0 aromatic heterocycles. The van der Waals surface area contributed by atoms with Crippen molar-refractivity contribution in [1.29, 1.82) is 0 Å². The van der Waals surface area contributed by atoms with Crippen LogP contribution in [0.15, 0.2) is 18.2 Å². The van der Waals surface area contributed by atoms with Gasteiger partial charge in [0.05, 0.1) is 0 Å². The van der Waals surface area contributed by atoms with E-state index in [9.17, 15) is 9.59 Å². The van der Waals surface area contributed by atoms with Crippen molar-refractivity contribution >= 4 is 35.1 Å². The van der Waals surface area contributed by atoms with Crippen LogP contribution < -0.4 is 16.4 Å². The van der Waals surface area contributed by atoms with Crippen LogP contribution in [0, 0.1) is 5.92 Å². The summed E-state index contributed by atoms with van der Waals surface area (Å²) in [5.41, 5.74) is 6.00. The van der Waals surface area contributed by atoms with E-state index in [-0.39, 0.29) is 12.5 Å². The molecule has 0 saturated heterocycles. The Balaban J connectivity index is 2.54. The van der Waals surface area contributed by atoms with E-state index in [1.165, 1.54) is 0 Å². The number of hydrogen-bond acceptors (Lipinski definition) is 2. The minimum absolute atomic E-state index is 0.231. The summed E-state index contributed by atoms with van der Waals surface area (Å²) >= 11 is 11.8. The highest BCUT2D eigenvalue weighted by Crippen LogP contribution is 2.20. The molecule has 0 spiro atoms. The molecule has 0 aliphatic heterocycles. The van der Waals surface area contributed by atoms with Crippen molar-refractivity contribution in [2.45, 2.75) is 32.9 Å². The van der Waals surface area contributed by atoms with Gasteiger partial charge in [0, 0.05) is 16.6 Å². The van der Waals surface area contributed by atoms with Gasteiger partial charge in [-0.05, 0) is 30.0 Å². The molecule has 0 bridgehead atoms. The quantitative estimate of drug-likeness (QED) is 0.748. The van der Waals surface area contributed by atoms with E-state index in [1.807, 2.05) is 13.8 Å². The van der Waals surface area contributed by atoms with Gasteiger partial charge in [0.1, 0.15) is 6.04 Å². The molecule has 0 heterocycles. The summed E-state index contributed by atoms with van der Waals surface area (Å²) in [7, 11) is 0. The number of amides is 3. The molecular formula is C14H19Cl2N3O2. The number of benzene rings is 1. The first-order chi connectivity index (χ1) is 9.79. The first kappa shape index (κ1) is 17.6. The molecule has 5 nitrogen and oxygen atoms in total. The summed E-state index contributed by atoms with van der Waals surface area (Å²) in [5.74, 6) is -0.308. The first-order valence-electron chi connectivity index (χ1n) is 6.57. The van der Waals surface area contributed by atoms with Crippen molar-refractivity contribution < 1.29 is 9.59 Å². The van der Waals surface area contributed by atoms with Gasteiger partial charge in [-0.15, -0.1) is 0 Å². The Hall–Kier alpha value is -1.46. The summed E-state index contributed by atoms with van der Waals surface area (Å²) in [4.78, 5) is 23.1. The number of nitrogens with one attached hydrogen (secondary N) is 2. The van der Waals surface area contributed by atoms with E-state index < -0.39 is 18.0 Å². The second kappa shape index (κ2) is 8.10. The van der Waals surface area contributed by atoms with Gasteiger partial charge in [-0.1, -0.05) is 43.1 Å². The molecule has 1 atom stereocenters. The minimum Gasteiger partial charge on any atom is -0.368 e. The van der Waals surface area contributed by atoms with Crippen LogP contribution >= 0.6 is 23.2 Å². The van der Waals surface area contributed by atoms with E-state index in [0.717, 1.165) is 5.56 Å². The Morgan fingerprint density at radius 1 is 1.29 bits per heavy atom. The lowest BCUT2D eigenvalue weighted by atomic mass is 10.0. The molecule has 0 unspecified atom stereocenters. The first-order valence-corrected chi connectivity index (χ1v) is 7.32. The van der Waals surface area contributed by atoms with E-state index in [0.29, 0.717) is 16.5 Å². The molecular weight excluding hydrogens is 313 g/mol. The number of nitrogens with two attached hydrogens (primary N) is 1. The zero-order chi connectivity index (χ0) is 16.0. The molecule has 116 valence electrons. The van der Waals surface area contributed by atoms with E-state index in [4.69, 9.17) is 28.9 Å². The summed E-state index contributed by atoms with van der Waals surface area (Å²) in [6, 6.07) is 3.86. The molecule has 4 N–H and O–H groups in total. The zero-order valence-electron chi connectivity index (χ0n) is 12.0. The van der Waals surface area contributed by atoms with Crippen LogP contribution in [0.2, 0.25) is 10.0 Å². The Kier molecular flexibility index (Phi) is 6.78. The third-order valence-corrected chi connectivity index (χ3v) is 3.40. The molecule has 21 heavy (non-hydrogen) atoms. The van der Waals surface area contributed by atoms with Crippen molar-refractivity contribution in [3.63, 3.8) is 0 Å². The fourth-order valence-corrected chi connectivity index (χ4v) is 2.24. The van der Waals surface area contributed by atoms with Crippen LogP contribution in [0.1, 0.15) is 25.8 Å². The molecule has 0 fully saturated rings. The Bertz CT molecular complexity index is 521. The Morgan fingerprint density at radius 3 is 2.48 bits per heavy atom. The monoisotopic (exact) mass is 331 g/mol. The van der Waals surface area contributed by atoms with Crippen molar-refractivity contribution in [1.82, 2.24) is 10.6 Å². The smallest absolute Gasteiger partial charge is 0.315 e. The maximum atomic E-state index is 11.8. The number of carbonyl (C=O) groups is 2. The number of halogens is 2. The second-order valence-corrected chi connectivity index (χ2v) is 5.99. The van der Waals surface area contributed by atoms with Crippen molar-refractivity contribution in [2.75, 3.05) is 0 Å². The molecule has 0 aliphatic carbocycles. The zero-order valence-corrected chi connectivity index (χ0v) is 13.5. The molecule has 0 aliphatic rings. The van der Waals surface area contributed by atoms with Crippen LogP contribution in [0.25, 0.3) is 0 Å². The standard InChI is InChI=1S/C14H19Cl2N3O2/c1-8(2)5-12(13(17)20)19-14(21)18-7-9-3-4-10(15)6-11(9)16/h3-4,6,8,12H,5,7H2,1-2H3,(H2,17,20)(H2,18,19,21)/t12-/m0/s1. The lowest BCUT2D eigenvalue weighted by molar-refractivity contribution is -0.120. The lowest BCUT2D eigenvalue weighted by Crippen LogP contribution is -2.48. The second-order valence-electron chi connectivity index (χ2n) is 5.15. The number of hydrogen-bond donors (Lipinski definition) is 3. The van der Waals surface area contributed by atoms with Crippen molar-refractivity contribution in [2.24, 2.45) is 11.7 Å². The summed E-state index contributed by atoms with van der Waals surface area (Å²) in [6.07, 6.45) is 0.491. The average Bonchev–Trinajstić information content (AvgIpc) is 2.36. The third-order valence-electron chi connectivity index (χ3n) is 2.81. The molecule has 1 aromatic rings. The van der Waals surface area contributed by atoms with Gasteiger partial charge in [-0.2, -0.15) is 0 Å². The van der Waals surface area contributed by atoms with E-state index in [2.05, 4.69) is 10.6 Å². The van der Waals surface area contributed by atoms with Gasteiger partial charge in [0.15, 0.2) is 0 Å². The predicted octanol–water partition coefficient (Wildman–Crippen LogP) is 2.69.